The van der Waals surface area contributed by atoms with Crippen molar-refractivity contribution < 1.29 is 0 Å². The fourth-order valence-corrected chi connectivity index (χ4v) is 13.1. The minimum absolute atomic E-state index is 0.924. The van der Waals surface area contributed by atoms with Gasteiger partial charge >= 0.3 is 0 Å². The van der Waals surface area contributed by atoms with Crippen LogP contribution < -0.4 is 0 Å². The maximum Gasteiger partial charge on any atom is 0.0977 e. The average molecular weight is 952 g/mol. The zero-order valence-electron chi connectivity index (χ0n) is 40.0. The molecule has 0 bridgehead atoms. The molecule has 75 heavy (non-hydrogen) atoms. The molecule has 10 heterocycles. The van der Waals surface area contributed by atoms with Gasteiger partial charge in [-0.25, -0.2) is 9.97 Å². The maximum atomic E-state index is 5.71. The lowest BCUT2D eigenvalue weighted by Gasteiger charge is -2.12. The second-order valence-electron chi connectivity index (χ2n) is 20.1. The summed E-state index contributed by atoms with van der Waals surface area (Å²) in [4.78, 5) is 21.9. The van der Waals surface area contributed by atoms with Gasteiger partial charge in [-0.2, -0.15) is 0 Å². The van der Waals surface area contributed by atoms with Gasteiger partial charge in [-0.1, -0.05) is 170 Å². The van der Waals surface area contributed by atoms with Crippen LogP contribution >= 0.6 is 0 Å². The van der Waals surface area contributed by atoms with Crippen LogP contribution in [-0.2, 0) is 0 Å². The van der Waals surface area contributed by atoms with Crippen molar-refractivity contribution in [1.82, 2.24) is 33.1 Å². The van der Waals surface area contributed by atoms with Gasteiger partial charge in [0.15, 0.2) is 0 Å². The van der Waals surface area contributed by atoms with Crippen molar-refractivity contribution in [3.8, 4) is 56.2 Å². The van der Waals surface area contributed by atoms with E-state index in [-0.39, 0.29) is 0 Å². The molecule has 8 aromatic carbocycles. The number of benzene rings is 8. The van der Waals surface area contributed by atoms with Gasteiger partial charge in [-0.15, -0.1) is 0 Å². The Kier molecular flexibility index (Phi) is 7.48. The largest absolute Gasteiger partial charge is 0.308 e. The van der Waals surface area contributed by atoms with Crippen molar-refractivity contribution in [3.63, 3.8) is 0 Å². The number of rotatable bonds is 5. The van der Waals surface area contributed by atoms with Gasteiger partial charge in [0.25, 0.3) is 0 Å². The Morgan fingerprint density at radius 3 is 1.20 bits per heavy atom. The second-order valence-corrected chi connectivity index (χ2v) is 20.1. The highest BCUT2D eigenvalue weighted by molar-refractivity contribution is 6.33. The highest BCUT2D eigenvalue weighted by atomic mass is 15.0. The van der Waals surface area contributed by atoms with Crippen LogP contribution in [-0.4, -0.2) is 33.1 Å². The van der Waals surface area contributed by atoms with E-state index in [9.17, 15) is 0 Å². The van der Waals surface area contributed by atoms with Gasteiger partial charge in [-0.3, -0.25) is 9.97 Å². The smallest absolute Gasteiger partial charge is 0.0977 e. The molecule has 0 aliphatic carbocycles. The molecule has 18 rings (SSSR count). The number of pyridine rings is 4. The standard InChI is InChI=1S/C68H37N7/c1-5-16-38(17-6-1)53-32-47-49-34-55(40-20-9-3-10-21-40)71-62-51-31-52-63-68-50(35-56(72-63)41-22-11-4-12-23-41)48-33-54(39-18-7-2-8-19-39)70-37-60(48)75(68)66(52)61(65(51)74(67(49)62)59(47)36-69-53)42-28-29-44-46-26-15-25-45-43-24-13-14-27-57(43)73(64(45)46)58(44)30-42/h1-37H. The number of nitrogens with zero attached hydrogens (tertiary/aromatic N) is 7. The Bertz CT molecular complexity index is 5140. The van der Waals surface area contributed by atoms with E-state index in [2.05, 4.69) is 238 Å². The molecule has 0 amide bonds. The van der Waals surface area contributed by atoms with Gasteiger partial charge < -0.3 is 13.2 Å². The molecule has 0 saturated carbocycles. The third-order valence-electron chi connectivity index (χ3n) is 16.3. The molecule has 18 aromatic rings. The SMILES string of the molecule is c1ccc(-c2cc3c4cc(-c5ccccc5)nc5c6cc7c8nc(-c9ccccc9)cc9c%10cc(-c%11ccccc%11)ncc%10n(c7c(-c7ccc%10c%11cccc%12c%13ccccc%13n(c%10c7)c%12%11)c6n(c3cn2)c45)c98)cc1. The highest BCUT2D eigenvalue weighted by Crippen LogP contribution is 2.51. The Labute approximate surface area is 426 Å². The van der Waals surface area contributed by atoms with Crippen LogP contribution in [0.4, 0.5) is 0 Å². The van der Waals surface area contributed by atoms with Crippen molar-refractivity contribution >= 4 is 115 Å². The molecule has 0 aliphatic heterocycles. The first-order valence-corrected chi connectivity index (χ1v) is 25.5. The summed E-state index contributed by atoms with van der Waals surface area (Å²) in [6.45, 7) is 0. The van der Waals surface area contributed by atoms with Crippen LogP contribution in [0.25, 0.3) is 171 Å². The first-order valence-electron chi connectivity index (χ1n) is 25.5. The van der Waals surface area contributed by atoms with E-state index in [1.54, 1.807) is 0 Å². The molecule has 10 aromatic heterocycles. The van der Waals surface area contributed by atoms with Gasteiger partial charge in [0.05, 0.1) is 95.9 Å². The monoisotopic (exact) mass is 951 g/mol. The number of fused-ring (bicyclic) bond motifs is 18. The Morgan fingerprint density at radius 1 is 0.240 bits per heavy atom. The van der Waals surface area contributed by atoms with Crippen molar-refractivity contribution in [1.29, 1.82) is 0 Å². The predicted molar refractivity (Wildman–Crippen MR) is 309 cm³/mol. The topological polar surface area (TPSA) is 64.8 Å². The molecule has 0 saturated heterocycles. The zero-order chi connectivity index (χ0) is 48.6. The Balaban J connectivity index is 1.07. The lowest BCUT2D eigenvalue weighted by atomic mass is 9.97. The Morgan fingerprint density at radius 2 is 0.680 bits per heavy atom. The third-order valence-corrected chi connectivity index (χ3v) is 16.3. The number of hydrogen-bond acceptors (Lipinski definition) is 4. The summed E-state index contributed by atoms with van der Waals surface area (Å²) >= 11 is 0. The number of aromatic nitrogens is 7. The molecule has 0 aliphatic rings. The zero-order valence-corrected chi connectivity index (χ0v) is 40.0. The quantitative estimate of drug-likeness (QED) is 0.172. The molecule has 0 atom stereocenters. The van der Waals surface area contributed by atoms with Crippen LogP contribution in [0.3, 0.4) is 0 Å². The first-order chi connectivity index (χ1) is 37.2. The fourth-order valence-electron chi connectivity index (χ4n) is 13.1. The molecule has 0 N–H and O–H groups in total. The van der Waals surface area contributed by atoms with E-state index in [4.69, 9.17) is 19.9 Å². The van der Waals surface area contributed by atoms with Crippen LogP contribution in [0.2, 0.25) is 0 Å². The maximum absolute atomic E-state index is 5.71. The van der Waals surface area contributed by atoms with Crippen molar-refractivity contribution in [2.75, 3.05) is 0 Å². The molecule has 7 nitrogen and oxygen atoms in total. The summed E-state index contributed by atoms with van der Waals surface area (Å²) < 4.78 is 7.43. The minimum Gasteiger partial charge on any atom is -0.308 e. The third kappa shape index (κ3) is 5.13. The van der Waals surface area contributed by atoms with Gasteiger partial charge in [0.1, 0.15) is 0 Å². The molecule has 7 heteroatoms. The summed E-state index contributed by atoms with van der Waals surface area (Å²) in [5.41, 5.74) is 22.1. The minimum atomic E-state index is 0.924. The van der Waals surface area contributed by atoms with Crippen molar-refractivity contribution in [2.24, 2.45) is 0 Å². The van der Waals surface area contributed by atoms with E-state index in [0.717, 1.165) is 133 Å². The van der Waals surface area contributed by atoms with E-state index < -0.39 is 0 Å². The lowest BCUT2D eigenvalue weighted by Crippen LogP contribution is -1.93. The van der Waals surface area contributed by atoms with E-state index in [0.29, 0.717) is 0 Å². The Hall–Kier alpha value is -10.2. The van der Waals surface area contributed by atoms with E-state index >= 15 is 0 Å². The van der Waals surface area contributed by atoms with Crippen molar-refractivity contribution in [2.45, 2.75) is 0 Å². The van der Waals surface area contributed by atoms with E-state index in [1.807, 2.05) is 0 Å². The van der Waals surface area contributed by atoms with Crippen LogP contribution in [0, 0.1) is 0 Å². The molecule has 0 spiro atoms. The fraction of sp³-hybridized carbons (Fsp3) is 0. The second kappa shape index (κ2) is 14.2. The van der Waals surface area contributed by atoms with Crippen molar-refractivity contribution in [3.05, 3.63) is 225 Å². The normalized spacial score (nSPS) is 12.5. The summed E-state index contributed by atoms with van der Waals surface area (Å²) in [6.07, 6.45) is 4.16. The van der Waals surface area contributed by atoms with E-state index in [1.165, 1.54) is 38.1 Å². The highest BCUT2D eigenvalue weighted by Gasteiger charge is 2.30. The summed E-state index contributed by atoms with van der Waals surface area (Å²) in [7, 11) is 0. The number of para-hydroxylation sites is 2. The molecular weight excluding hydrogens is 915 g/mol. The molecule has 0 radical (unpaired) electrons. The summed E-state index contributed by atoms with van der Waals surface area (Å²) in [5, 5.41) is 11.7. The van der Waals surface area contributed by atoms with Gasteiger partial charge in [0, 0.05) is 81.7 Å². The average Bonchev–Trinajstić information content (AvgIpc) is 4.34. The lowest BCUT2D eigenvalue weighted by molar-refractivity contribution is 1.29. The molecule has 344 valence electrons. The first kappa shape index (κ1) is 39.4. The van der Waals surface area contributed by atoms with Crippen LogP contribution in [0.5, 0.6) is 0 Å². The van der Waals surface area contributed by atoms with Gasteiger partial charge in [-0.05, 0) is 48.0 Å². The van der Waals surface area contributed by atoms with Gasteiger partial charge in [0.2, 0.25) is 0 Å². The van der Waals surface area contributed by atoms with Crippen LogP contribution in [0.15, 0.2) is 225 Å². The summed E-state index contributed by atoms with van der Waals surface area (Å²) in [5.74, 6) is 0. The summed E-state index contributed by atoms with van der Waals surface area (Å²) in [6, 6.07) is 76.4. The molecule has 0 unspecified atom stereocenters. The van der Waals surface area contributed by atoms with Crippen LogP contribution in [0.1, 0.15) is 0 Å². The molecule has 0 fully saturated rings. The number of hydrogen-bond donors (Lipinski definition) is 0. The predicted octanol–water partition coefficient (Wildman–Crippen LogP) is 17.1. The molecular formula is C68H37N7.